The molecule has 2 aromatic rings. The highest BCUT2D eigenvalue weighted by Gasteiger charge is 2.15. The fourth-order valence-electron chi connectivity index (χ4n) is 1.90. The first kappa shape index (κ1) is 13.2. The predicted octanol–water partition coefficient (Wildman–Crippen LogP) is 2.05. The van der Waals surface area contributed by atoms with E-state index in [1.165, 1.54) is 0 Å². The molecule has 0 spiro atoms. The summed E-state index contributed by atoms with van der Waals surface area (Å²) in [5.74, 6) is 0.115. The largest absolute Gasteiger partial charge is 0.478 e. The van der Waals surface area contributed by atoms with Crippen LogP contribution in [0, 0.1) is 13.8 Å². The maximum atomic E-state index is 11.2. The average Bonchev–Trinajstić information content (AvgIpc) is 2.36. The molecule has 0 radical (unpaired) electrons. The van der Waals surface area contributed by atoms with Crippen LogP contribution in [0.3, 0.4) is 0 Å². The highest BCUT2D eigenvalue weighted by atomic mass is 16.5. The maximum Gasteiger partial charge on any atom is 0.339 e. The van der Waals surface area contributed by atoms with Gasteiger partial charge in [-0.05, 0) is 42.6 Å². The number of benzene rings is 2. The van der Waals surface area contributed by atoms with E-state index in [0.717, 1.165) is 16.6 Å². The Morgan fingerprint density at radius 1 is 1.16 bits per heavy atom. The molecule has 1 N–H and O–H groups in total. The van der Waals surface area contributed by atoms with Gasteiger partial charge in [0.05, 0.1) is 0 Å². The summed E-state index contributed by atoms with van der Waals surface area (Å²) < 4.78 is 5.83. The fraction of sp³-hybridized carbons (Fsp3) is 0.133. The molecule has 0 amide bonds. The van der Waals surface area contributed by atoms with Gasteiger partial charge in [-0.15, -0.1) is 0 Å². The van der Waals surface area contributed by atoms with Crippen LogP contribution >= 0.6 is 0 Å². The van der Waals surface area contributed by atoms with Crippen molar-refractivity contribution in [3.63, 3.8) is 0 Å². The number of rotatable bonds is 3. The molecule has 96 valence electrons. The number of para-hydroxylation sites is 1. The minimum absolute atomic E-state index is 0.181. The van der Waals surface area contributed by atoms with Gasteiger partial charge in [0.15, 0.2) is 0 Å². The molecule has 0 aliphatic heterocycles. The van der Waals surface area contributed by atoms with E-state index in [9.17, 15) is 9.90 Å². The third kappa shape index (κ3) is 2.62. The van der Waals surface area contributed by atoms with Crippen LogP contribution < -0.4 is 10.2 Å². The van der Waals surface area contributed by atoms with Crippen LogP contribution in [0.15, 0.2) is 36.4 Å². The van der Waals surface area contributed by atoms with Gasteiger partial charge in [-0.25, -0.2) is 4.79 Å². The van der Waals surface area contributed by atoms with Crippen LogP contribution in [0.25, 0.3) is 0 Å². The summed E-state index contributed by atoms with van der Waals surface area (Å²) in [5.41, 5.74) is 3.12. The second-order valence-corrected chi connectivity index (χ2v) is 4.56. The fourth-order valence-corrected chi connectivity index (χ4v) is 1.90. The van der Waals surface area contributed by atoms with Gasteiger partial charge in [0, 0.05) is 0 Å². The Balaban J connectivity index is 2.49. The summed E-state index contributed by atoms with van der Waals surface area (Å²) >= 11 is 0. The molecule has 0 aromatic heterocycles. The summed E-state index contributed by atoms with van der Waals surface area (Å²) in [7, 11) is 1.84. The highest BCUT2D eigenvalue weighted by molar-refractivity contribution is 6.35. The Morgan fingerprint density at radius 2 is 1.84 bits per heavy atom. The first-order valence-corrected chi connectivity index (χ1v) is 6.07. The Kier molecular flexibility index (Phi) is 3.60. The summed E-state index contributed by atoms with van der Waals surface area (Å²) in [5, 5.41) is 9.21. The lowest BCUT2D eigenvalue weighted by Crippen LogP contribution is -2.12. The van der Waals surface area contributed by atoms with Gasteiger partial charge in [0.1, 0.15) is 24.9 Å². The van der Waals surface area contributed by atoms with E-state index in [2.05, 4.69) is 0 Å². The zero-order valence-corrected chi connectivity index (χ0v) is 11.2. The summed E-state index contributed by atoms with van der Waals surface area (Å²) in [6.07, 6.45) is 0. The minimum atomic E-state index is -0.982. The van der Waals surface area contributed by atoms with E-state index < -0.39 is 5.97 Å². The lowest BCUT2D eigenvalue weighted by molar-refractivity contribution is 0.0694. The summed E-state index contributed by atoms with van der Waals surface area (Å²) in [6.45, 7) is 3.96. The monoisotopic (exact) mass is 254 g/mol. The van der Waals surface area contributed by atoms with Crippen LogP contribution in [0.1, 0.15) is 21.5 Å². The van der Waals surface area contributed by atoms with Crippen molar-refractivity contribution in [3.05, 3.63) is 53.1 Å². The molecular weight excluding hydrogens is 239 g/mol. The van der Waals surface area contributed by atoms with Crippen molar-refractivity contribution in [1.29, 1.82) is 0 Å². The van der Waals surface area contributed by atoms with Crippen LogP contribution in [-0.2, 0) is 0 Å². The van der Waals surface area contributed by atoms with Crippen molar-refractivity contribution < 1.29 is 14.6 Å². The van der Waals surface area contributed by atoms with E-state index in [0.29, 0.717) is 11.5 Å². The molecule has 2 aromatic carbocycles. The van der Waals surface area contributed by atoms with Crippen molar-refractivity contribution in [2.24, 2.45) is 0 Å². The van der Waals surface area contributed by atoms with E-state index in [-0.39, 0.29) is 5.56 Å². The molecule has 0 fully saturated rings. The molecule has 2 rings (SSSR count). The number of hydrogen-bond acceptors (Lipinski definition) is 2. The lowest BCUT2D eigenvalue weighted by atomic mass is 9.92. The van der Waals surface area contributed by atoms with Gasteiger partial charge < -0.3 is 9.84 Å². The zero-order chi connectivity index (χ0) is 14.0. The Hall–Kier alpha value is -2.23. The number of ether oxygens (including phenoxy) is 1. The highest BCUT2D eigenvalue weighted by Crippen LogP contribution is 2.27. The van der Waals surface area contributed by atoms with Crippen LogP contribution in [0.5, 0.6) is 11.5 Å². The molecule has 19 heavy (non-hydrogen) atoms. The minimum Gasteiger partial charge on any atom is -0.478 e. The summed E-state index contributed by atoms with van der Waals surface area (Å²) in [6, 6.07) is 10.9. The van der Waals surface area contributed by atoms with E-state index >= 15 is 0 Å². The van der Waals surface area contributed by atoms with Gasteiger partial charge in [-0.1, -0.05) is 24.3 Å². The molecule has 0 atom stereocenters. The Bertz CT molecular complexity index is 635. The maximum absolute atomic E-state index is 11.2. The van der Waals surface area contributed by atoms with Crippen molar-refractivity contribution in [2.45, 2.75) is 13.8 Å². The van der Waals surface area contributed by atoms with Crippen molar-refractivity contribution in [2.75, 3.05) is 0 Å². The second kappa shape index (κ2) is 5.18. The molecule has 4 heteroatoms. The van der Waals surface area contributed by atoms with Crippen molar-refractivity contribution >= 4 is 19.3 Å². The standard InChI is InChI=1S/C15H15BO3/c1-9-5-3-8-13(10(9)2)19-14-11(15(17)18)6-4-7-12(14)16/h3-8H,16H2,1-2H3,(H,17,18). The number of carboxylic acids is 1. The zero-order valence-electron chi connectivity index (χ0n) is 11.2. The molecule has 0 aliphatic carbocycles. The van der Waals surface area contributed by atoms with Crippen LogP contribution in [0.4, 0.5) is 0 Å². The van der Waals surface area contributed by atoms with Gasteiger partial charge >= 0.3 is 5.97 Å². The van der Waals surface area contributed by atoms with Gasteiger partial charge in [0.25, 0.3) is 0 Å². The van der Waals surface area contributed by atoms with Crippen molar-refractivity contribution in [1.82, 2.24) is 0 Å². The molecule has 0 saturated carbocycles. The Labute approximate surface area is 113 Å². The molecule has 0 unspecified atom stereocenters. The van der Waals surface area contributed by atoms with Gasteiger partial charge in [-0.2, -0.15) is 0 Å². The van der Waals surface area contributed by atoms with Gasteiger partial charge in [-0.3, -0.25) is 0 Å². The number of carboxylic acid groups (broad SMARTS) is 1. The topological polar surface area (TPSA) is 46.5 Å². The number of hydrogen-bond donors (Lipinski definition) is 1. The molecule has 0 bridgehead atoms. The first-order valence-electron chi connectivity index (χ1n) is 6.07. The van der Waals surface area contributed by atoms with Gasteiger partial charge in [0.2, 0.25) is 0 Å². The normalized spacial score (nSPS) is 10.2. The second-order valence-electron chi connectivity index (χ2n) is 4.56. The lowest BCUT2D eigenvalue weighted by Gasteiger charge is -2.14. The van der Waals surface area contributed by atoms with Crippen LogP contribution in [0.2, 0.25) is 0 Å². The number of aryl methyl sites for hydroxylation is 1. The predicted molar refractivity (Wildman–Crippen MR) is 77.6 cm³/mol. The average molecular weight is 254 g/mol. The van der Waals surface area contributed by atoms with Crippen LogP contribution in [-0.4, -0.2) is 18.9 Å². The molecule has 0 aliphatic rings. The van der Waals surface area contributed by atoms with E-state index in [1.54, 1.807) is 12.1 Å². The van der Waals surface area contributed by atoms with E-state index in [1.807, 2.05) is 46.0 Å². The number of aromatic carboxylic acids is 1. The first-order chi connectivity index (χ1) is 9.00. The van der Waals surface area contributed by atoms with E-state index in [4.69, 9.17) is 4.74 Å². The molecule has 0 saturated heterocycles. The Morgan fingerprint density at radius 3 is 2.53 bits per heavy atom. The third-order valence-electron chi connectivity index (χ3n) is 3.21. The molecular formula is C15H15BO3. The molecule has 3 nitrogen and oxygen atoms in total. The number of carbonyl (C=O) groups is 1. The van der Waals surface area contributed by atoms with Crippen molar-refractivity contribution in [3.8, 4) is 11.5 Å². The quantitative estimate of drug-likeness (QED) is 0.852. The third-order valence-corrected chi connectivity index (χ3v) is 3.21. The summed E-state index contributed by atoms with van der Waals surface area (Å²) in [4.78, 5) is 11.2. The smallest absolute Gasteiger partial charge is 0.339 e. The molecule has 0 heterocycles. The SMILES string of the molecule is Bc1cccc(C(=O)O)c1Oc1cccc(C)c1C.